The van der Waals surface area contributed by atoms with E-state index in [2.05, 4.69) is 29.3 Å². The Labute approximate surface area is 149 Å². The lowest BCUT2D eigenvalue weighted by Gasteiger charge is -2.35. The number of ether oxygens (including phenoxy) is 2. The number of hydrogen-bond acceptors (Lipinski definition) is 4. The zero-order valence-corrected chi connectivity index (χ0v) is 15.0. The van der Waals surface area contributed by atoms with Gasteiger partial charge < -0.3 is 19.7 Å². The van der Waals surface area contributed by atoms with E-state index in [-0.39, 0.29) is 5.92 Å². The Morgan fingerprint density at radius 3 is 2.72 bits per heavy atom. The summed E-state index contributed by atoms with van der Waals surface area (Å²) in [5.74, 6) is 2.48. The standard InChI is InChI=1S/C20H28N2O3/c1-2-9-22(15-5-7-21-8-6-15)20(23)17-13-16(17)14-3-4-18-19(12-14)25-11-10-24-18/h3-4,12,15-17,21H,2,5-11,13H2,1H3. The molecule has 1 N–H and O–H groups in total. The van der Waals surface area contributed by atoms with Crippen LogP contribution < -0.4 is 14.8 Å². The fourth-order valence-corrected chi connectivity index (χ4v) is 4.17. The first-order valence-electron chi connectivity index (χ1n) is 9.68. The van der Waals surface area contributed by atoms with Gasteiger partial charge >= 0.3 is 0 Å². The number of benzene rings is 1. The van der Waals surface area contributed by atoms with Gasteiger partial charge in [0, 0.05) is 18.5 Å². The minimum absolute atomic E-state index is 0.143. The number of nitrogens with zero attached hydrogens (tertiary/aromatic N) is 1. The Morgan fingerprint density at radius 2 is 1.96 bits per heavy atom. The highest BCUT2D eigenvalue weighted by Gasteiger charge is 2.47. The third-order valence-electron chi connectivity index (χ3n) is 5.60. The Bertz CT molecular complexity index is 627. The van der Waals surface area contributed by atoms with Gasteiger partial charge in [-0.3, -0.25) is 4.79 Å². The highest BCUT2D eigenvalue weighted by molar-refractivity contribution is 5.83. The molecule has 2 aliphatic heterocycles. The summed E-state index contributed by atoms with van der Waals surface area (Å²) in [6.07, 6.45) is 4.14. The average molecular weight is 344 g/mol. The van der Waals surface area contributed by atoms with Crippen LogP contribution in [0.25, 0.3) is 0 Å². The molecule has 2 heterocycles. The van der Waals surface area contributed by atoms with Crippen molar-refractivity contribution in [3.63, 3.8) is 0 Å². The van der Waals surface area contributed by atoms with Crippen molar-refractivity contribution in [3.05, 3.63) is 23.8 Å². The van der Waals surface area contributed by atoms with E-state index in [0.29, 0.717) is 31.1 Å². The summed E-state index contributed by atoms with van der Waals surface area (Å²) in [7, 11) is 0. The molecule has 2 fully saturated rings. The zero-order chi connectivity index (χ0) is 17.2. The lowest BCUT2D eigenvalue weighted by molar-refractivity contribution is -0.135. The van der Waals surface area contributed by atoms with E-state index in [1.54, 1.807) is 0 Å². The smallest absolute Gasteiger partial charge is 0.226 e. The number of carbonyl (C=O) groups excluding carboxylic acids is 1. The summed E-state index contributed by atoms with van der Waals surface area (Å²) in [6.45, 7) is 6.30. The molecule has 1 saturated carbocycles. The van der Waals surface area contributed by atoms with Gasteiger partial charge in [0.25, 0.3) is 0 Å². The molecule has 4 rings (SSSR count). The van der Waals surface area contributed by atoms with Crippen LogP contribution in [0.4, 0.5) is 0 Å². The summed E-state index contributed by atoms with van der Waals surface area (Å²) in [5, 5.41) is 3.40. The van der Waals surface area contributed by atoms with Gasteiger partial charge in [-0.2, -0.15) is 0 Å². The largest absolute Gasteiger partial charge is 0.486 e. The first-order valence-corrected chi connectivity index (χ1v) is 9.68. The van der Waals surface area contributed by atoms with E-state index >= 15 is 0 Å². The third kappa shape index (κ3) is 3.47. The normalized spacial score (nSPS) is 25.5. The first kappa shape index (κ1) is 16.7. The average Bonchev–Trinajstić information content (AvgIpc) is 3.47. The van der Waals surface area contributed by atoms with Gasteiger partial charge in [0.2, 0.25) is 5.91 Å². The van der Waals surface area contributed by atoms with Crippen LogP contribution in [0.15, 0.2) is 18.2 Å². The van der Waals surface area contributed by atoms with E-state index in [1.165, 1.54) is 5.56 Å². The summed E-state index contributed by atoms with van der Waals surface area (Å²) in [4.78, 5) is 15.3. The van der Waals surface area contributed by atoms with Crippen LogP contribution in [-0.2, 0) is 4.79 Å². The predicted octanol–water partition coefficient (Wildman–Crippen LogP) is 2.55. The van der Waals surface area contributed by atoms with Gasteiger partial charge in [0.1, 0.15) is 13.2 Å². The molecule has 1 amide bonds. The fourth-order valence-electron chi connectivity index (χ4n) is 4.17. The number of fused-ring (bicyclic) bond motifs is 1. The zero-order valence-electron chi connectivity index (χ0n) is 15.0. The predicted molar refractivity (Wildman–Crippen MR) is 96.2 cm³/mol. The maximum atomic E-state index is 13.1. The molecule has 1 aromatic rings. The van der Waals surface area contributed by atoms with Gasteiger partial charge in [0.05, 0.1) is 0 Å². The van der Waals surface area contributed by atoms with Gasteiger partial charge in [-0.25, -0.2) is 0 Å². The molecule has 1 saturated heterocycles. The lowest BCUT2D eigenvalue weighted by atomic mass is 10.0. The third-order valence-corrected chi connectivity index (χ3v) is 5.60. The second-order valence-corrected chi connectivity index (χ2v) is 7.36. The number of piperidine rings is 1. The van der Waals surface area contributed by atoms with Crippen LogP contribution >= 0.6 is 0 Å². The minimum atomic E-state index is 0.143. The molecule has 0 spiro atoms. The number of nitrogens with one attached hydrogen (secondary N) is 1. The van der Waals surface area contributed by atoms with E-state index in [0.717, 1.165) is 56.8 Å². The molecule has 1 aromatic carbocycles. The number of carbonyl (C=O) groups is 1. The molecule has 0 aromatic heterocycles. The van der Waals surface area contributed by atoms with Crippen molar-refractivity contribution in [2.45, 2.75) is 44.6 Å². The first-order chi connectivity index (χ1) is 12.3. The molecule has 0 radical (unpaired) electrons. The van der Waals surface area contributed by atoms with Gasteiger partial charge in [-0.15, -0.1) is 0 Å². The van der Waals surface area contributed by atoms with Crippen molar-refractivity contribution in [1.82, 2.24) is 10.2 Å². The summed E-state index contributed by atoms with van der Waals surface area (Å²) in [5.41, 5.74) is 1.21. The van der Waals surface area contributed by atoms with Crippen molar-refractivity contribution in [1.29, 1.82) is 0 Å². The monoisotopic (exact) mass is 344 g/mol. The van der Waals surface area contributed by atoms with E-state index in [4.69, 9.17) is 9.47 Å². The minimum Gasteiger partial charge on any atom is -0.486 e. The number of amides is 1. The fraction of sp³-hybridized carbons (Fsp3) is 0.650. The molecule has 1 aliphatic carbocycles. The molecule has 2 unspecified atom stereocenters. The summed E-state index contributed by atoms with van der Waals surface area (Å²) < 4.78 is 11.3. The van der Waals surface area contributed by atoms with Crippen molar-refractivity contribution < 1.29 is 14.3 Å². The highest BCUT2D eigenvalue weighted by Crippen LogP contribution is 2.50. The molecule has 5 nitrogen and oxygen atoms in total. The summed E-state index contributed by atoms with van der Waals surface area (Å²) in [6, 6.07) is 6.57. The van der Waals surface area contributed by atoms with E-state index in [1.807, 2.05) is 6.07 Å². The van der Waals surface area contributed by atoms with Crippen LogP contribution in [-0.4, -0.2) is 49.7 Å². The van der Waals surface area contributed by atoms with Crippen LogP contribution in [0.5, 0.6) is 11.5 Å². The van der Waals surface area contributed by atoms with Crippen molar-refractivity contribution in [2.24, 2.45) is 5.92 Å². The van der Waals surface area contributed by atoms with Gasteiger partial charge in [-0.05, 0) is 62.4 Å². The molecule has 25 heavy (non-hydrogen) atoms. The van der Waals surface area contributed by atoms with Gasteiger partial charge in [-0.1, -0.05) is 13.0 Å². The Hall–Kier alpha value is -1.75. The topological polar surface area (TPSA) is 50.8 Å². The molecule has 0 bridgehead atoms. The number of hydrogen-bond donors (Lipinski definition) is 1. The molecular formula is C20H28N2O3. The molecular weight excluding hydrogens is 316 g/mol. The summed E-state index contributed by atoms with van der Waals surface area (Å²) >= 11 is 0. The Balaban J connectivity index is 1.44. The molecule has 136 valence electrons. The van der Waals surface area contributed by atoms with Crippen LogP contribution in [0.2, 0.25) is 0 Å². The van der Waals surface area contributed by atoms with Crippen molar-refractivity contribution in [3.8, 4) is 11.5 Å². The van der Waals surface area contributed by atoms with Crippen molar-refractivity contribution >= 4 is 5.91 Å². The highest BCUT2D eigenvalue weighted by atomic mass is 16.6. The second kappa shape index (κ2) is 7.24. The maximum Gasteiger partial charge on any atom is 0.226 e. The van der Waals surface area contributed by atoms with Crippen molar-refractivity contribution in [2.75, 3.05) is 32.8 Å². The quantitative estimate of drug-likeness (QED) is 0.892. The molecule has 5 heteroatoms. The van der Waals surface area contributed by atoms with E-state index in [9.17, 15) is 4.79 Å². The lowest BCUT2D eigenvalue weighted by Crippen LogP contribution is -2.47. The maximum absolute atomic E-state index is 13.1. The SMILES string of the molecule is CCCN(C(=O)C1CC1c1ccc2c(c1)OCCO2)C1CCNCC1. The molecule has 3 aliphatic rings. The molecule has 2 atom stereocenters. The second-order valence-electron chi connectivity index (χ2n) is 7.36. The van der Waals surface area contributed by atoms with Gasteiger partial charge in [0.15, 0.2) is 11.5 Å². The number of rotatable bonds is 5. The Kier molecular flexibility index (Phi) is 4.84. The van der Waals surface area contributed by atoms with Crippen LogP contribution in [0, 0.1) is 5.92 Å². The van der Waals surface area contributed by atoms with E-state index < -0.39 is 0 Å². The van der Waals surface area contributed by atoms with Crippen LogP contribution in [0.3, 0.4) is 0 Å². The van der Waals surface area contributed by atoms with Crippen LogP contribution in [0.1, 0.15) is 44.1 Å². The Morgan fingerprint density at radius 1 is 1.20 bits per heavy atom.